The summed E-state index contributed by atoms with van der Waals surface area (Å²) in [5.41, 5.74) is 0.984. The number of hydrogen-bond acceptors (Lipinski definition) is 6. The van der Waals surface area contributed by atoms with Crippen LogP contribution in [0.5, 0.6) is 17.2 Å². The topological polar surface area (TPSA) is 106 Å². The largest absolute Gasteiger partial charge is 0.495 e. The predicted molar refractivity (Wildman–Crippen MR) is 130 cm³/mol. The van der Waals surface area contributed by atoms with Gasteiger partial charge in [0.05, 0.1) is 25.8 Å². The minimum atomic E-state index is -0.361. The second-order valence-corrected chi connectivity index (χ2v) is 8.78. The highest BCUT2D eigenvalue weighted by atomic mass is 16.5. The molecule has 0 radical (unpaired) electrons. The molecule has 2 aromatic carbocycles. The van der Waals surface area contributed by atoms with E-state index in [4.69, 9.17) is 14.2 Å². The molecule has 9 nitrogen and oxygen atoms in total. The van der Waals surface area contributed by atoms with Crippen LogP contribution < -0.4 is 24.8 Å². The summed E-state index contributed by atoms with van der Waals surface area (Å²) in [5, 5.41) is 5.79. The summed E-state index contributed by atoms with van der Waals surface area (Å²) >= 11 is 0. The molecule has 35 heavy (non-hydrogen) atoms. The number of benzene rings is 2. The summed E-state index contributed by atoms with van der Waals surface area (Å²) in [6.07, 6.45) is 3.65. The molecule has 2 fully saturated rings. The van der Waals surface area contributed by atoms with E-state index in [1.807, 2.05) is 6.07 Å². The number of carbonyl (C=O) groups is 3. The minimum Gasteiger partial charge on any atom is -0.495 e. The van der Waals surface area contributed by atoms with Crippen molar-refractivity contribution in [2.45, 2.75) is 31.7 Å². The van der Waals surface area contributed by atoms with Crippen LogP contribution in [0.3, 0.4) is 0 Å². The van der Waals surface area contributed by atoms with Crippen molar-refractivity contribution in [3.63, 3.8) is 0 Å². The van der Waals surface area contributed by atoms with Gasteiger partial charge in [-0.1, -0.05) is 12.1 Å². The number of piperidine rings is 1. The van der Waals surface area contributed by atoms with Crippen LogP contribution in [0.25, 0.3) is 0 Å². The molecule has 4 rings (SSSR count). The molecule has 1 aliphatic carbocycles. The molecular formula is C26H31N3O6. The Morgan fingerprint density at radius 3 is 2.49 bits per heavy atom. The molecule has 1 unspecified atom stereocenters. The Morgan fingerprint density at radius 1 is 0.971 bits per heavy atom. The highest BCUT2D eigenvalue weighted by Crippen LogP contribution is 2.30. The maximum absolute atomic E-state index is 13.1. The molecule has 1 saturated carbocycles. The quantitative estimate of drug-likeness (QED) is 0.571. The fourth-order valence-corrected chi connectivity index (χ4v) is 4.10. The molecule has 3 amide bonds. The van der Waals surface area contributed by atoms with Gasteiger partial charge in [-0.3, -0.25) is 14.4 Å². The van der Waals surface area contributed by atoms with Crippen LogP contribution in [0, 0.1) is 5.92 Å². The smallest absolute Gasteiger partial charge is 0.262 e. The lowest BCUT2D eigenvalue weighted by Crippen LogP contribution is -2.45. The van der Waals surface area contributed by atoms with Gasteiger partial charge < -0.3 is 29.7 Å². The van der Waals surface area contributed by atoms with E-state index in [2.05, 4.69) is 10.6 Å². The molecular weight excluding hydrogens is 450 g/mol. The Hall–Kier alpha value is -3.75. The average Bonchev–Trinajstić information content (AvgIpc) is 3.71. The maximum Gasteiger partial charge on any atom is 0.262 e. The first-order valence-electron chi connectivity index (χ1n) is 11.8. The van der Waals surface area contributed by atoms with Crippen LogP contribution in [-0.4, -0.2) is 62.6 Å². The number of likely N-dealkylation sites (tertiary alicyclic amines) is 1. The van der Waals surface area contributed by atoms with Gasteiger partial charge in [0.1, 0.15) is 5.75 Å². The van der Waals surface area contributed by atoms with Crippen LogP contribution in [0.1, 0.15) is 36.0 Å². The minimum absolute atomic E-state index is 0.0396. The summed E-state index contributed by atoms with van der Waals surface area (Å²) in [5.74, 6) is 0.581. The van der Waals surface area contributed by atoms with Crippen LogP contribution in [-0.2, 0) is 9.59 Å². The molecule has 1 saturated heterocycles. The van der Waals surface area contributed by atoms with Crippen molar-refractivity contribution in [2.75, 3.05) is 39.2 Å². The lowest BCUT2D eigenvalue weighted by Gasteiger charge is -2.32. The third-order valence-corrected chi connectivity index (χ3v) is 6.15. The van der Waals surface area contributed by atoms with Crippen molar-refractivity contribution in [3.05, 3.63) is 48.0 Å². The van der Waals surface area contributed by atoms with E-state index in [1.165, 1.54) is 14.2 Å². The zero-order chi connectivity index (χ0) is 24.8. The Bertz CT molecular complexity index is 1080. The molecule has 1 aliphatic heterocycles. The zero-order valence-corrected chi connectivity index (χ0v) is 20.0. The first-order chi connectivity index (χ1) is 17.0. The van der Waals surface area contributed by atoms with Crippen LogP contribution >= 0.6 is 0 Å². The van der Waals surface area contributed by atoms with E-state index < -0.39 is 0 Å². The van der Waals surface area contributed by atoms with Gasteiger partial charge in [-0.25, -0.2) is 0 Å². The predicted octanol–water partition coefficient (Wildman–Crippen LogP) is 2.85. The number of anilines is 1. The third-order valence-electron chi connectivity index (χ3n) is 6.15. The zero-order valence-electron chi connectivity index (χ0n) is 20.0. The van der Waals surface area contributed by atoms with E-state index >= 15 is 0 Å². The summed E-state index contributed by atoms with van der Waals surface area (Å²) in [6.45, 7) is 0.766. The van der Waals surface area contributed by atoms with Crippen LogP contribution in [0.2, 0.25) is 0 Å². The third kappa shape index (κ3) is 6.23. The first kappa shape index (κ1) is 24.4. The van der Waals surface area contributed by atoms with Gasteiger partial charge in [-0.2, -0.15) is 0 Å². The molecule has 2 aromatic rings. The summed E-state index contributed by atoms with van der Waals surface area (Å²) < 4.78 is 16.3. The molecule has 2 N–H and O–H groups in total. The number of amides is 3. The SMILES string of the molecule is COc1ccccc1NC(=O)COc1ccc(C(=O)N2CCCC(C(=O)NC3CC3)C2)cc1OC. The first-order valence-corrected chi connectivity index (χ1v) is 11.8. The fraction of sp³-hybridized carbons (Fsp3) is 0.423. The van der Waals surface area contributed by atoms with E-state index in [9.17, 15) is 14.4 Å². The molecule has 0 spiro atoms. The lowest BCUT2D eigenvalue weighted by atomic mass is 9.96. The molecule has 1 atom stereocenters. The number of rotatable bonds is 9. The Labute approximate surface area is 204 Å². The Kier molecular flexibility index (Phi) is 7.74. The highest BCUT2D eigenvalue weighted by molar-refractivity contribution is 5.96. The molecule has 0 aromatic heterocycles. The molecule has 1 heterocycles. The lowest BCUT2D eigenvalue weighted by molar-refractivity contribution is -0.126. The van der Waals surface area contributed by atoms with Crippen molar-refractivity contribution < 1.29 is 28.6 Å². The summed E-state index contributed by atoms with van der Waals surface area (Å²) in [6, 6.07) is 12.3. The number of methoxy groups -OCH3 is 2. The van der Waals surface area contributed by atoms with Crippen molar-refractivity contribution >= 4 is 23.4 Å². The number of nitrogens with one attached hydrogen (secondary N) is 2. The number of para-hydroxylation sites is 2. The number of hydrogen-bond donors (Lipinski definition) is 2. The van der Waals surface area contributed by atoms with Crippen molar-refractivity contribution in [1.82, 2.24) is 10.2 Å². The van der Waals surface area contributed by atoms with Gasteiger partial charge in [0, 0.05) is 24.7 Å². The van der Waals surface area contributed by atoms with Gasteiger partial charge in [0.25, 0.3) is 11.8 Å². The maximum atomic E-state index is 13.1. The number of nitrogens with zero attached hydrogens (tertiary/aromatic N) is 1. The van der Waals surface area contributed by atoms with Gasteiger partial charge in [-0.05, 0) is 56.0 Å². The summed E-state index contributed by atoms with van der Waals surface area (Å²) in [4.78, 5) is 39.7. The summed E-state index contributed by atoms with van der Waals surface area (Å²) in [7, 11) is 3.01. The second-order valence-electron chi connectivity index (χ2n) is 8.78. The molecule has 9 heteroatoms. The number of ether oxygens (including phenoxy) is 3. The highest BCUT2D eigenvalue weighted by Gasteiger charge is 2.32. The van der Waals surface area contributed by atoms with Crippen molar-refractivity contribution in [3.8, 4) is 17.2 Å². The van der Waals surface area contributed by atoms with Gasteiger partial charge in [0.2, 0.25) is 5.91 Å². The fourth-order valence-electron chi connectivity index (χ4n) is 4.10. The van der Waals surface area contributed by atoms with Crippen molar-refractivity contribution in [1.29, 1.82) is 0 Å². The van der Waals surface area contributed by atoms with Gasteiger partial charge >= 0.3 is 0 Å². The average molecular weight is 482 g/mol. The molecule has 186 valence electrons. The van der Waals surface area contributed by atoms with Gasteiger partial charge in [-0.15, -0.1) is 0 Å². The van der Waals surface area contributed by atoms with E-state index in [0.717, 1.165) is 25.7 Å². The Balaban J connectivity index is 1.36. The standard InChI is InChI=1S/C26H31N3O6/c1-33-21-8-4-3-7-20(21)28-24(30)16-35-22-12-9-17(14-23(22)34-2)26(32)29-13-5-6-18(15-29)25(31)27-19-10-11-19/h3-4,7-9,12,14,18-19H,5-6,10-11,13,15-16H2,1-2H3,(H,27,31)(H,28,30). The molecule has 0 bridgehead atoms. The van der Waals surface area contributed by atoms with E-state index in [-0.39, 0.29) is 30.2 Å². The number of carbonyl (C=O) groups excluding carboxylic acids is 3. The monoisotopic (exact) mass is 481 g/mol. The normalized spacial score (nSPS) is 17.3. The second kappa shape index (κ2) is 11.1. The Morgan fingerprint density at radius 2 is 1.74 bits per heavy atom. The van der Waals surface area contributed by atoms with E-state index in [0.29, 0.717) is 47.6 Å². The van der Waals surface area contributed by atoms with Crippen LogP contribution in [0.15, 0.2) is 42.5 Å². The van der Waals surface area contributed by atoms with Crippen molar-refractivity contribution in [2.24, 2.45) is 5.92 Å². The van der Waals surface area contributed by atoms with Gasteiger partial charge in [0.15, 0.2) is 18.1 Å². The molecule has 2 aliphatic rings. The van der Waals surface area contributed by atoms with E-state index in [1.54, 1.807) is 41.3 Å². The van der Waals surface area contributed by atoms with Crippen LogP contribution in [0.4, 0.5) is 5.69 Å².